The van der Waals surface area contributed by atoms with Gasteiger partial charge in [0.05, 0.1) is 14.2 Å². The van der Waals surface area contributed by atoms with Gasteiger partial charge in [-0.25, -0.2) is 0 Å². The van der Waals surface area contributed by atoms with Crippen LogP contribution in [-0.2, 0) is 0 Å². The zero-order valence-electron chi connectivity index (χ0n) is 9.61. The fourth-order valence-electron chi connectivity index (χ4n) is 2.72. The molecule has 1 saturated carbocycles. The summed E-state index contributed by atoms with van der Waals surface area (Å²) in [5.41, 5.74) is 0.759. The maximum atomic E-state index is 9.63. The highest BCUT2D eigenvalue weighted by Crippen LogP contribution is 2.38. The van der Waals surface area contributed by atoms with Crippen molar-refractivity contribution in [2.75, 3.05) is 0 Å². The third kappa shape index (κ3) is 2.16. The Labute approximate surface area is 93.2 Å². The van der Waals surface area contributed by atoms with Crippen molar-refractivity contribution in [1.29, 1.82) is 0 Å². The lowest BCUT2D eigenvalue weighted by Gasteiger charge is -2.30. The van der Waals surface area contributed by atoms with E-state index in [0.29, 0.717) is 0 Å². The molecule has 0 radical (unpaired) electrons. The monoisotopic (exact) mass is 220 g/mol. The molecule has 0 bridgehead atoms. The van der Waals surface area contributed by atoms with Crippen LogP contribution in [0.25, 0.3) is 0 Å². The Balaban J connectivity index is 2.20. The molecule has 1 nitrogen and oxygen atoms in total. The van der Waals surface area contributed by atoms with Gasteiger partial charge in [-0.2, -0.15) is 0 Å². The molecule has 0 spiro atoms. The van der Waals surface area contributed by atoms with E-state index in [2.05, 4.69) is 43.4 Å². The molecular formula is C13H20OSi. The third-order valence-electron chi connectivity index (χ3n) is 3.94. The van der Waals surface area contributed by atoms with E-state index in [1.165, 1.54) is 11.6 Å². The van der Waals surface area contributed by atoms with Gasteiger partial charge in [0.1, 0.15) is 0 Å². The van der Waals surface area contributed by atoms with Gasteiger partial charge in [0.15, 0.2) is 0 Å². The zero-order valence-corrected chi connectivity index (χ0v) is 10.6. The van der Waals surface area contributed by atoms with Crippen LogP contribution in [0.1, 0.15) is 19.3 Å². The Morgan fingerprint density at radius 3 is 2.33 bits per heavy atom. The standard InChI is InChI=1S/C13H20OSi/c1-15(2,12-6-4-3-5-7-12)13-9-8-11(14)10-13/h3-7,11,13-14H,8-10H2,1-2H3/t11-,13+/m0/s1. The van der Waals surface area contributed by atoms with Gasteiger partial charge < -0.3 is 5.11 Å². The van der Waals surface area contributed by atoms with E-state index in [4.69, 9.17) is 0 Å². The molecular weight excluding hydrogens is 200 g/mol. The number of hydrogen-bond acceptors (Lipinski definition) is 1. The first kappa shape index (κ1) is 10.9. The summed E-state index contributed by atoms with van der Waals surface area (Å²) in [5.74, 6) is 0. The summed E-state index contributed by atoms with van der Waals surface area (Å²) in [6, 6.07) is 10.9. The summed E-state index contributed by atoms with van der Waals surface area (Å²) in [6.07, 6.45) is 3.21. The second kappa shape index (κ2) is 4.10. The number of benzene rings is 1. The minimum absolute atomic E-state index is 0.0366. The summed E-state index contributed by atoms with van der Waals surface area (Å²) in [5, 5.41) is 11.2. The van der Waals surface area contributed by atoms with Crippen LogP contribution >= 0.6 is 0 Å². The van der Waals surface area contributed by atoms with E-state index >= 15 is 0 Å². The maximum Gasteiger partial charge on any atom is 0.0837 e. The van der Waals surface area contributed by atoms with E-state index in [0.717, 1.165) is 18.4 Å². The predicted octanol–water partition coefficient (Wildman–Crippen LogP) is 2.52. The third-order valence-corrected chi connectivity index (χ3v) is 8.33. The van der Waals surface area contributed by atoms with Crippen molar-refractivity contribution in [2.45, 2.75) is 44.0 Å². The molecule has 1 fully saturated rings. The van der Waals surface area contributed by atoms with Crippen LogP contribution in [0.15, 0.2) is 30.3 Å². The molecule has 1 aromatic rings. The summed E-state index contributed by atoms with van der Waals surface area (Å²) in [4.78, 5) is 0. The summed E-state index contributed by atoms with van der Waals surface area (Å²) >= 11 is 0. The molecule has 0 heterocycles. The van der Waals surface area contributed by atoms with Gasteiger partial charge in [-0.3, -0.25) is 0 Å². The van der Waals surface area contributed by atoms with Crippen molar-refractivity contribution in [2.24, 2.45) is 0 Å². The lowest BCUT2D eigenvalue weighted by molar-refractivity contribution is 0.183. The molecule has 0 aromatic heterocycles. The van der Waals surface area contributed by atoms with Crippen molar-refractivity contribution in [3.05, 3.63) is 30.3 Å². The fourth-order valence-corrected chi connectivity index (χ4v) is 5.99. The first-order valence-corrected chi connectivity index (χ1v) is 8.92. The molecule has 0 amide bonds. The molecule has 0 saturated heterocycles. The van der Waals surface area contributed by atoms with E-state index in [9.17, 15) is 5.11 Å². The van der Waals surface area contributed by atoms with Gasteiger partial charge in [-0.15, -0.1) is 0 Å². The van der Waals surface area contributed by atoms with E-state index in [-0.39, 0.29) is 6.10 Å². The number of aliphatic hydroxyl groups excluding tert-OH is 1. The summed E-state index contributed by atoms with van der Waals surface area (Å²) in [7, 11) is -1.35. The maximum absolute atomic E-state index is 9.63. The quantitative estimate of drug-likeness (QED) is 0.759. The lowest BCUT2D eigenvalue weighted by atomic mass is 10.3. The topological polar surface area (TPSA) is 20.2 Å². The van der Waals surface area contributed by atoms with Crippen LogP contribution in [0.5, 0.6) is 0 Å². The van der Waals surface area contributed by atoms with Crippen LogP contribution < -0.4 is 5.19 Å². The Kier molecular flexibility index (Phi) is 2.98. The Hall–Kier alpha value is -0.603. The summed E-state index contributed by atoms with van der Waals surface area (Å²) in [6.45, 7) is 4.87. The molecule has 15 heavy (non-hydrogen) atoms. The largest absolute Gasteiger partial charge is 0.393 e. The van der Waals surface area contributed by atoms with Crippen molar-refractivity contribution in [3.63, 3.8) is 0 Å². The van der Waals surface area contributed by atoms with Crippen molar-refractivity contribution < 1.29 is 5.11 Å². The highest BCUT2D eigenvalue weighted by Gasteiger charge is 2.38. The van der Waals surface area contributed by atoms with Gasteiger partial charge in [0.25, 0.3) is 0 Å². The van der Waals surface area contributed by atoms with Crippen LogP contribution in [-0.4, -0.2) is 19.3 Å². The average Bonchev–Trinajstić information content (AvgIpc) is 2.67. The molecule has 1 N–H and O–H groups in total. The first-order chi connectivity index (χ1) is 7.10. The first-order valence-electron chi connectivity index (χ1n) is 5.84. The predicted molar refractivity (Wildman–Crippen MR) is 67.2 cm³/mol. The van der Waals surface area contributed by atoms with Crippen LogP contribution in [0.2, 0.25) is 18.6 Å². The smallest absolute Gasteiger partial charge is 0.0837 e. The molecule has 1 aromatic carbocycles. The van der Waals surface area contributed by atoms with Crippen molar-refractivity contribution in [1.82, 2.24) is 0 Å². The molecule has 1 aliphatic carbocycles. The Bertz CT molecular complexity index is 321. The fraction of sp³-hybridized carbons (Fsp3) is 0.538. The zero-order chi connectivity index (χ0) is 10.9. The normalized spacial score (nSPS) is 26.9. The highest BCUT2D eigenvalue weighted by atomic mass is 28.3. The number of rotatable bonds is 2. The lowest BCUT2D eigenvalue weighted by Crippen LogP contribution is -2.45. The second-order valence-electron chi connectivity index (χ2n) is 5.25. The van der Waals surface area contributed by atoms with Crippen LogP contribution in [0.4, 0.5) is 0 Å². The molecule has 2 heteroatoms. The molecule has 1 aliphatic rings. The van der Waals surface area contributed by atoms with Gasteiger partial charge in [0, 0.05) is 0 Å². The minimum atomic E-state index is -1.35. The molecule has 2 rings (SSSR count). The Morgan fingerprint density at radius 2 is 1.80 bits per heavy atom. The van der Waals surface area contributed by atoms with Crippen LogP contribution in [0, 0.1) is 0 Å². The van der Waals surface area contributed by atoms with Crippen LogP contribution in [0.3, 0.4) is 0 Å². The average molecular weight is 220 g/mol. The molecule has 2 atom stereocenters. The highest BCUT2D eigenvalue weighted by molar-refractivity contribution is 6.91. The molecule has 82 valence electrons. The summed E-state index contributed by atoms with van der Waals surface area (Å²) < 4.78 is 0. The SMILES string of the molecule is C[Si](C)(c1ccccc1)[C@@H]1CC[C@H](O)C1. The Morgan fingerprint density at radius 1 is 1.13 bits per heavy atom. The van der Waals surface area contributed by atoms with Crippen molar-refractivity contribution in [3.8, 4) is 0 Å². The van der Waals surface area contributed by atoms with E-state index in [1.807, 2.05) is 0 Å². The molecule has 0 unspecified atom stereocenters. The van der Waals surface area contributed by atoms with Crippen molar-refractivity contribution >= 4 is 13.3 Å². The minimum Gasteiger partial charge on any atom is -0.393 e. The van der Waals surface area contributed by atoms with Gasteiger partial charge in [-0.05, 0) is 24.8 Å². The number of hydrogen-bond donors (Lipinski definition) is 1. The van der Waals surface area contributed by atoms with Gasteiger partial charge in [-0.1, -0.05) is 48.6 Å². The van der Waals surface area contributed by atoms with Gasteiger partial charge in [0.2, 0.25) is 0 Å². The van der Waals surface area contributed by atoms with E-state index < -0.39 is 8.07 Å². The second-order valence-corrected chi connectivity index (χ2v) is 10.1. The molecule has 0 aliphatic heterocycles. The number of aliphatic hydroxyl groups is 1. The van der Waals surface area contributed by atoms with E-state index in [1.54, 1.807) is 0 Å². The van der Waals surface area contributed by atoms with Gasteiger partial charge >= 0.3 is 0 Å².